The number of ether oxygens (including phenoxy) is 1. The zero-order valence-corrected chi connectivity index (χ0v) is 17.2. The quantitative estimate of drug-likeness (QED) is 0.321. The molecule has 0 radical (unpaired) electrons. The largest absolute Gasteiger partial charge is 0.436 e. The first-order valence-corrected chi connectivity index (χ1v) is 9.77. The lowest BCUT2D eigenvalue weighted by Crippen LogP contribution is -2.22. The Morgan fingerprint density at radius 3 is 2.00 bits per heavy atom. The van der Waals surface area contributed by atoms with Crippen LogP contribution in [0.4, 0.5) is 17.6 Å². The molecule has 0 spiro atoms. The molecule has 3 nitrogen and oxygen atoms in total. The van der Waals surface area contributed by atoms with Gasteiger partial charge in [-0.1, -0.05) is 12.1 Å². The standard InChI is InChI=1S/C25H18F4N2O/c1-25(2,22-6-3-5-20(30-22)17-11-9-15(26)13-18(17)28)23-7-4-8-24(31-23)32-21-12-10-16(27)14-19(21)29/h3-14H,1-2H3. The van der Waals surface area contributed by atoms with E-state index in [1.54, 1.807) is 36.4 Å². The number of benzene rings is 2. The molecule has 7 heteroatoms. The maximum absolute atomic E-state index is 14.2. The molecule has 162 valence electrons. The topological polar surface area (TPSA) is 35.0 Å². The van der Waals surface area contributed by atoms with E-state index in [1.165, 1.54) is 18.2 Å². The number of aromatic nitrogens is 2. The fraction of sp³-hybridized carbons (Fsp3) is 0.120. The van der Waals surface area contributed by atoms with Gasteiger partial charge in [0.25, 0.3) is 0 Å². The summed E-state index contributed by atoms with van der Waals surface area (Å²) in [6.45, 7) is 3.76. The number of hydrogen-bond acceptors (Lipinski definition) is 3. The molecule has 0 aliphatic rings. The molecule has 0 fully saturated rings. The Kier molecular flexibility index (Phi) is 5.65. The van der Waals surface area contributed by atoms with Crippen molar-refractivity contribution < 1.29 is 22.3 Å². The molecule has 0 amide bonds. The summed E-state index contributed by atoms with van der Waals surface area (Å²) in [7, 11) is 0. The second-order valence-electron chi connectivity index (χ2n) is 7.70. The Labute approximate surface area is 182 Å². The van der Waals surface area contributed by atoms with Crippen molar-refractivity contribution in [1.82, 2.24) is 9.97 Å². The van der Waals surface area contributed by atoms with Crippen molar-refractivity contribution in [3.05, 3.63) is 107 Å². The van der Waals surface area contributed by atoms with Gasteiger partial charge in [0.2, 0.25) is 5.88 Å². The zero-order valence-electron chi connectivity index (χ0n) is 17.2. The van der Waals surface area contributed by atoms with Crippen molar-refractivity contribution in [3.63, 3.8) is 0 Å². The number of rotatable bonds is 5. The van der Waals surface area contributed by atoms with Crippen LogP contribution < -0.4 is 4.74 Å². The monoisotopic (exact) mass is 438 g/mol. The van der Waals surface area contributed by atoms with Crippen molar-refractivity contribution >= 4 is 0 Å². The first-order valence-electron chi connectivity index (χ1n) is 9.77. The van der Waals surface area contributed by atoms with E-state index < -0.39 is 28.7 Å². The molecule has 0 aliphatic carbocycles. The van der Waals surface area contributed by atoms with Crippen LogP contribution in [0.5, 0.6) is 11.6 Å². The van der Waals surface area contributed by atoms with Gasteiger partial charge in [-0.05, 0) is 56.3 Å². The van der Waals surface area contributed by atoms with Gasteiger partial charge in [0.05, 0.1) is 17.1 Å². The molecule has 4 rings (SSSR count). The Balaban J connectivity index is 1.67. The second kappa shape index (κ2) is 8.42. The predicted molar refractivity (Wildman–Crippen MR) is 112 cm³/mol. The highest BCUT2D eigenvalue weighted by Gasteiger charge is 2.27. The van der Waals surface area contributed by atoms with Gasteiger partial charge < -0.3 is 4.74 Å². The van der Waals surface area contributed by atoms with E-state index in [4.69, 9.17) is 4.74 Å². The predicted octanol–water partition coefficient (Wildman–Crippen LogP) is 6.82. The molecule has 2 aromatic heterocycles. The van der Waals surface area contributed by atoms with E-state index >= 15 is 0 Å². The average molecular weight is 438 g/mol. The minimum absolute atomic E-state index is 0.127. The molecule has 0 bridgehead atoms. The lowest BCUT2D eigenvalue weighted by molar-refractivity contribution is 0.418. The summed E-state index contributed by atoms with van der Waals surface area (Å²) in [5.41, 5.74) is 0.973. The SMILES string of the molecule is CC(C)(c1cccc(Oc2ccc(F)cc2F)n1)c1cccc(-c2ccc(F)cc2F)n1. The van der Waals surface area contributed by atoms with Crippen molar-refractivity contribution in [3.8, 4) is 22.9 Å². The smallest absolute Gasteiger partial charge is 0.219 e. The summed E-state index contributed by atoms with van der Waals surface area (Å²) in [5.74, 6) is -2.94. The summed E-state index contributed by atoms with van der Waals surface area (Å²) in [6, 6.07) is 16.5. The molecule has 0 aliphatic heterocycles. The molecule has 0 N–H and O–H groups in total. The van der Waals surface area contributed by atoms with E-state index in [-0.39, 0.29) is 17.2 Å². The highest BCUT2D eigenvalue weighted by Crippen LogP contribution is 2.33. The van der Waals surface area contributed by atoms with Crippen LogP contribution in [0.15, 0.2) is 72.8 Å². The molecule has 0 atom stereocenters. The normalized spacial score (nSPS) is 11.4. The fourth-order valence-corrected chi connectivity index (χ4v) is 3.25. The number of hydrogen-bond donors (Lipinski definition) is 0. The van der Waals surface area contributed by atoms with Crippen LogP contribution in [0.2, 0.25) is 0 Å². The van der Waals surface area contributed by atoms with Crippen LogP contribution >= 0.6 is 0 Å². The molecule has 4 aromatic rings. The molecule has 2 heterocycles. The molecule has 0 saturated carbocycles. The van der Waals surface area contributed by atoms with Crippen LogP contribution in [-0.2, 0) is 5.41 Å². The van der Waals surface area contributed by atoms with Gasteiger partial charge in [-0.15, -0.1) is 0 Å². The minimum Gasteiger partial charge on any atom is -0.436 e. The number of halogens is 4. The van der Waals surface area contributed by atoms with Gasteiger partial charge in [0, 0.05) is 29.2 Å². The van der Waals surface area contributed by atoms with E-state index in [1.807, 2.05) is 13.8 Å². The van der Waals surface area contributed by atoms with Gasteiger partial charge >= 0.3 is 0 Å². The van der Waals surface area contributed by atoms with Crippen molar-refractivity contribution in [2.75, 3.05) is 0 Å². The van der Waals surface area contributed by atoms with Crippen molar-refractivity contribution in [1.29, 1.82) is 0 Å². The molecule has 2 aromatic carbocycles. The maximum atomic E-state index is 14.2. The first-order chi connectivity index (χ1) is 15.2. The Bertz CT molecular complexity index is 1290. The molecule has 32 heavy (non-hydrogen) atoms. The number of pyridine rings is 2. The highest BCUT2D eigenvalue weighted by molar-refractivity contribution is 5.60. The third kappa shape index (κ3) is 4.32. The van der Waals surface area contributed by atoms with E-state index in [0.717, 1.165) is 18.2 Å². The molecular formula is C25H18F4N2O. The maximum Gasteiger partial charge on any atom is 0.219 e. The van der Waals surface area contributed by atoms with Crippen molar-refractivity contribution in [2.45, 2.75) is 19.3 Å². The first kappa shape index (κ1) is 21.5. The molecular weight excluding hydrogens is 420 g/mol. The lowest BCUT2D eigenvalue weighted by atomic mass is 9.84. The minimum atomic E-state index is -0.841. The van der Waals surface area contributed by atoms with Crippen LogP contribution in [-0.4, -0.2) is 9.97 Å². The summed E-state index contributed by atoms with van der Waals surface area (Å²) < 4.78 is 60.1. The van der Waals surface area contributed by atoms with E-state index in [9.17, 15) is 17.6 Å². The third-order valence-corrected chi connectivity index (χ3v) is 5.07. The van der Waals surface area contributed by atoms with Gasteiger partial charge in [0.1, 0.15) is 17.5 Å². The Morgan fingerprint density at radius 2 is 1.31 bits per heavy atom. The van der Waals surface area contributed by atoms with Gasteiger partial charge in [-0.3, -0.25) is 4.98 Å². The molecule has 0 unspecified atom stereocenters. The molecule has 0 saturated heterocycles. The van der Waals surface area contributed by atoms with Gasteiger partial charge in [-0.2, -0.15) is 0 Å². The number of nitrogens with zero attached hydrogens (tertiary/aromatic N) is 2. The highest BCUT2D eigenvalue weighted by atomic mass is 19.1. The van der Waals surface area contributed by atoms with Gasteiger partial charge in [0.15, 0.2) is 11.6 Å². The van der Waals surface area contributed by atoms with Crippen LogP contribution in [0.3, 0.4) is 0 Å². The van der Waals surface area contributed by atoms with Crippen LogP contribution in [0, 0.1) is 23.3 Å². The Morgan fingerprint density at radius 1 is 0.688 bits per heavy atom. The van der Waals surface area contributed by atoms with E-state index in [2.05, 4.69) is 9.97 Å². The summed E-state index contributed by atoms with van der Waals surface area (Å²) in [4.78, 5) is 9.04. The zero-order chi connectivity index (χ0) is 22.9. The summed E-state index contributed by atoms with van der Waals surface area (Å²) >= 11 is 0. The summed E-state index contributed by atoms with van der Waals surface area (Å²) in [5, 5.41) is 0. The Hall–Kier alpha value is -3.74. The third-order valence-electron chi connectivity index (χ3n) is 5.07. The van der Waals surface area contributed by atoms with Gasteiger partial charge in [-0.25, -0.2) is 22.5 Å². The summed E-state index contributed by atoms with van der Waals surface area (Å²) in [6.07, 6.45) is 0. The van der Waals surface area contributed by atoms with Crippen molar-refractivity contribution in [2.24, 2.45) is 0 Å². The fourth-order valence-electron chi connectivity index (χ4n) is 3.25. The van der Waals surface area contributed by atoms with E-state index in [0.29, 0.717) is 17.1 Å². The second-order valence-corrected chi connectivity index (χ2v) is 7.70. The lowest BCUT2D eigenvalue weighted by Gasteiger charge is -2.24. The van der Waals surface area contributed by atoms with Crippen LogP contribution in [0.25, 0.3) is 11.3 Å². The van der Waals surface area contributed by atoms with Crippen LogP contribution in [0.1, 0.15) is 25.2 Å². The average Bonchev–Trinajstić information content (AvgIpc) is 2.76.